The minimum Gasteiger partial charge on any atom is -0.364 e. The van der Waals surface area contributed by atoms with E-state index >= 15 is 0 Å². The maximum Gasteiger partial charge on any atom is 0.261 e. The number of H-pyrrole nitrogens is 1. The minimum absolute atomic E-state index is 0.136. The second-order valence-corrected chi connectivity index (χ2v) is 9.55. The number of aromatic nitrogens is 3. The molecule has 0 spiro atoms. The number of hydrogen-bond donors (Lipinski definition) is 3. The number of nitrogens with one attached hydrogen (secondary N) is 3. The summed E-state index contributed by atoms with van der Waals surface area (Å²) in [5, 5.41) is 9.74. The normalized spacial score (nSPS) is 12.4. The molecule has 0 aliphatic rings. The SMILES string of the molecule is Cc1ccc(NC(=O)c2c[nH]n3c(NC(C)(C)C)c(C(C)(C)C)nc23)c(C)c1. The Morgan fingerprint density at radius 3 is 2.36 bits per heavy atom. The Balaban J connectivity index is 2.04. The van der Waals surface area contributed by atoms with E-state index in [2.05, 4.69) is 63.3 Å². The molecule has 3 aromatic rings. The van der Waals surface area contributed by atoms with Crippen molar-refractivity contribution in [3.8, 4) is 0 Å². The van der Waals surface area contributed by atoms with Crippen LogP contribution in [0.2, 0.25) is 0 Å². The third kappa shape index (κ3) is 3.91. The van der Waals surface area contributed by atoms with Crippen LogP contribution in [0.5, 0.6) is 0 Å². The molecule has 0 aliphatic carbocycles. The van der Waals surface area contributed by atoms with Gasteiger partial charge in [-0.3, -0.25) is 9.89 Å². The fraction of sp³-hybridized carbons (Fsp3) is 0.455. The molecule has 0 aliphatic heterocycles. The lowest BCUT2D eigenvalue weighted by molar-refractivity contribution is 0.102. The molecule has 0 fully saturated rings. The average molecular weight is 382 g/mol. The van der Waals surface area contributed by atoms with E-state index in [0.717, 1.165) is 22.8 Å². The Morgan fingerprint density at radius 2 is 1.79 bits per heavy atom. The maximum absolute atomic E-state index is 13.0. The molecule has 1 amide bonds. The highest BCUT2D eigenvalue weighted by Crippen LogP contribution is 2.32. The largest absolute Gasteiger partial charge is 0.364 e. The summed E-state index contributed by atoms with van der Waals surface area (Å²) < 4.78 is 1.86. The standard InChI is InChI=1S/C22H31N5O/c1-13-9-10-16(14(2)11-13)24-20(28)15-12-23-27-18(15)25-17(21(3,4)5)19(27)26-22(6,7)8/h9-12,23,26H,1-8H3,(H,24,28). The summed E-state index contributed by atoms with van der Waals surface area (Å²) in [7, 11) is 0. The molecule has 0 unspecified atom stereocenters. The van der Waals surface area contributed by atoms with Crippen LogP contribution in [0.1, 0.15) is 68.7 Å². The van der Waals surface area contributed by atoms with Crippen molar-refractivity contribution in [3.05, 3.63) is 46.8 Å². The molecule has 2 aromatic heterocycles. The topological polar surface area (TPSA) is 74.2 Å². The Kier molecular flexibility index (Phi) is 4.77. The zero-order valence-corrected chi connectivity index (χ0v) is 18.1. The molecule has 28 heavy (non-hydrogen) atoms. The van der Waals surface area contributed by atoms with Gasteiger partial charge in [0.25, 0.3) is 5.91 Å². The van der Waals surface area contributed by atoms with E-state index < -0.39 is 0 Å². The first-order chi connectivity index (χ1) is 12.9. The second-order valence-electron chi connectivity index (χ2n) is 9.55. The van der Waals surface area contributed by atoms with Crippen LogP contribution < -0.4 is 10.6 Å². The summed E-state index contributed by atoms with van der Waals surface area (Å²) in [6, 6.07) is 5.99. The fourth-order valence-corrected chi connectivity index (χ4v) is 3.22. The van der Waals surface area contributed by atoms with Crippen molar-refractivity contribution < 1.29 is 4.79 Å². The summed E-state index contributed by atoms with van der Waals surface area (Å²) >= 11 is 0. The number of carbonyl (C=O) groups excluding carboxylic acids is 1. The van der Waals surface area contributed by atoms with E-state index in [0.29, 0.717) is 11.2 Å². The van der Waals surface area contributed by atoms with Crippen LogP contribution in [0.15, 0.2) is 24.4 Å². The number of aromatic amines is 1. The highest BCUT2D eigenvalue weighted by Gasteiger charge is 2.29. The van der Waals surface area contributed by atoms with Crippen molar-refractivity contribution in [2.75, 3.05) is 10.6 Å². The third-order valence-electron chi connectivity index (χ3n) is 4.53. The van der Waals surface area contributed by atoms with Gasteiger partial charge in [0, 0.05) is 22.8 Å². The molecular formula is C22H31N5O. The number of amides is 1. The fourth-order valence-electron chi connectivity index (χ4n) is 3.22. The van der Waals surface area contributed by atoms with Gasteiger partial charge >= 0.3 is 0 Å². The average Bonchev–Trinajstić information content (AvgIpc) is 3.08. The van der Waals surface area contributed by atoms with Gasteiger partial charge in [-0.05, 0) is 46.2 Å². The summed E-state index contributed by atoms with van der Waals surface area (Å²) in [6.45, 7) is 16.7. The highest BCUT2D eigenvalue weighted by molar-refractivity contribution is 6.08. The molecule has 0 radical (unpaired) electrons. The maximum atomic E-state index is 13.0. The van der Waals surface area contributed by atoms with E-state index in [4.69, 9.17) is 4.98 Å². The first-order valence-corrected chi connectivity index (χ1v) is 9.64. The molecule has 3 N–H and O–H groups in total. The van der Waals surface area contributed by atoms with Crippen LogP contribution in [0.25, 0.3) is 5.65 Å². The number of hydrogen-bond acceptors (Lipinski definition) is 3. The lowest BCUT2D eigenvalue weighted by Gasteiger charge is -2.25. The molecule has 2 heterocycles. The van der Waals surface area contributed by atoms with Crippen molar-refractivity contribution in [2.45, 2.75) is 66.3 Å². The van der Waals surface area contributed by atoms with Crippen LogP contribution in [-0.2, 0) is 5.41 Å². The summed E-state index contributed by atoms with van der Waals surface area (Å²) in [6.07, 6.45) is 1.71. The van der Waals surface area contributed by atoms with Gasteiger partial charge in [-0.2, -0.15) is 0 Å². The molecule has 0 bridgehead atoms. The van der Waals surface area contributed by atoms with Gasteiger partial charge < -0.3 is 10.6 Å². The number of nitrogens with zero attached hydrogens (tertiary/aromatic N) is 2. The van der Waals surface area contributed by atoms with Crippen molar-refractivity contribution >= 4 is 23.1 Å². The predicted molar refractivity (Wildman–Crippen MR) is 115 cm³/mol. The number of benzene rings is 1. The highest BCUT2D eigenvalue weighted by atomic mass is 16.1. The number of fused-ring (bicyclic) bond motifs is 1. The lowest BCUT2D eigenvalue weighted by Crippen LogP contribution is -2.29. The first kappa shape index (κ1) is 20.0. The molecular weight excluding hydrogens is 350 g/mol. The van der Waals surface area contributed by atoms with Gasteiger partial charge in [0.1, 0.15) is 5.56 Å². The van der Waals surface area contributed by atoms with Crippen LogP contribution in [-0.4, -0.2) is 26.0 Å². The number of imidazole rings is 1. The smallest absolute Gasteiger partial charge is 0.261 e. The van der Waals surface area contributed by atoms with Crippen molar-refractivity contribution in [2.24, 2.45) is 0 Å². The minimum atomic E-state index is -0.175. The van der Waals surface area contributed by atoms with Gasteiger partial charge in [-0.15, -0.1) is 0 Å². The number of aryl methyl sites for hydroxylation is 2. The predicted octanol–water partition coefficient (Wildman–Crippen LogP) is 5.04. The molecule has 0 atom stereocenters. The first-order valence-electron chi connectivity index (χ1n) is 9.64. The third-order valence-corrected chi connectivity index (χ3v) is 4.53. The zero-order valence-electron chi connectivity index (χ0n) is 18.1. The summed E-state index contributed by atoms with van der Waals surface area (Å²) in [5.74, 6) is 0.714. The van der Waals surface area contributed by atoms with Gasteiger partial charge in [0.05, 0.1) is 5.69 Å². The van der Waals surface area contributed by atoms with Crippen LogP contribution in [0.3, 0.4) is 0 Å². The molecule has 0 saturated carbocycles. The molecule has 6 heteroatoms. The molecule has 3 rings (SSSR count). The molecule has 150 valence electrons. The van der Waals surface area contributed by atoms with E-state index in [1.165, 1.54) is 5.56 Å². The number of carbonyl (C=O) groups is 1. The van der Waals surface area contributed by atoms with Crippen molar-refractivity contribution in [1.82, 2.24) is 14.6 Å². The van der Waals surface area contributed by atoms with Crippen LogP contribution in [0.4, 0.5) is 11.5 Å². The van der Waals surface area contributed by atoms with Crippen LogP contribution in [0, 0.1) is 13.8 Å². The Morgan fingerprint density at radius 1 is 1.11 bits per heavy atom. The molecule has 0 saturated heterocycles. The quantitative estimate of drug-likeness (QED) is 0.595. The zero-order chi connectivity index (χ0) is 20.9. The van der Waals surface area contributed by atoms with E-state index in [1.807, 2.05) is 30.5 Å². The molecule has 1 aromatic carbocycles. The Labute approximate surface area is 166 Å². The van der Waals surface area contributed by atoms with Gasteiger partial charge in [0.2, 0.25) is 0 Å². The van der Waals surface area contributed by atoms with Gasteiger partial charge in [0.15, 0.2) is 11.5 Å². The van der Waals surface area contributed by atoms with Crippen LogP contribution >= 0.6 is 0 Å². The summed E-state index contributed by atoms with van der Waals surface area (Å²) in [4.78, 5) is 17.8. The lowest BCUT2D eigenvalue weighted by atomic mass is 9.91. The monoisotopic (exact) mass is 381 g/mol. The van der Waals surface area contributed by atoms with E-state index in [-0.39, 0.29) is 16.9 Å². The summed E-state index contributed by atoms with van der Waals surface area (Å²) in [5.41, 5.74) is 4.78. The molecule has 6 nitrogen and oxygen atoms in total. The Hall–Kier alpha value is -2.76. The van der Waals surface area contributed by atoms with Crippen molar-refractivity contribution in [1.29, 1.82) is 0 Å². The van der Waals surface area contributed by atoms with E-state index in [1.54, 1.807) is 6.20 Å². The second kappa shape index (κ2) is 6.69. The van der Waals surface area contributed by atoms with Crippen molar-refractivity contribution in [3.63, 3.8) is 0 Å². The van der Waals surface area contributed by atoms with Gasteiger partial charge in [-0.25, -0.2) is 9.50 Å². The van der Waals surface area contributed by atoms with E-state index in [9.17, 15) is 4.79 Å². The number of rotatable bonds is 3. The Bertz CT molecular complexity index is 1030. The van der Waals surface area contributed by atoms with Gasteiger partial charge in [-0.1, -0.05) is 38.5 Å². The number of anilines is 2.